The molecule has 3 rings (SSSR count). The molecule has 0 spiro atoms. The van der Waals surface area contributed by atoms with Gasteiger partial charge < -0.3 is 9.47 Å². The number of nitrogens with zero attached hydrogens (tertiary/aromatic N) is 1. The summed E-state index contributed by atoms with van der Waals surface area (Å²) in [7, 11) is 0. The monoisotopic (exact) mass is 247 g/mol. The topological polar surface area (TPSA) is 38.8 Å². The molecule has 0 aromatic heterocycles. The third-order valence-electron chi connectivity index (χ3n) is 3.81. The van der Waals surface area contributed by atoms with Crippen molar-refractivity contribution < 1.29 is 14.3 Å². The van der Waals surface area contributed by atoms with Crippen LogP contribution in [0.4, 0.5) is 0 Å². The van der Waals surface area contributed by atoms with E-state index in [1.165, 1.54) is 0 Å². The molecule has 0 radical (unpaired) electrons. The molecule has 0 saturated carbocycles. The molecule has 1 aromatic carbocycles. The Labute approximate surface area is 106 Å². The van der Waals surface area contributed by atoms with E-state index in [0.717, 1.165) is 24.9 Å². The smallest absolute Gasteiger partial charge is 0.330 e. The van der Waals surface area contributed by atoms with Crippen molar-refractivity contribution in [3.8, 4) is 0 Å². The number of ether oxygens (including phenoxy) is 2. The molecule has 0 aliphatic carbocycles. The Morgan fingerprint density at radius 3 is 3.00 bits per heavy atom. The van der Waals surface area contributed by atoms with Gasteiger partial charge in [-0.15, -0.1) is 0 Å². The molecule has 0 unspecified atom stereocenters. The highest BCUT2D eigenvalue weighted by Gasteiger charge is 2.53. The summed E-state index contributed by atoms with van der Waals surface area (Å²) in [6.07, 6.45) is 1.89. The minimum absolute atomic E-state index is 0.118. The molecule has 2 heterocycles. The zero-order chi connectivity index (χ0) is 12.4. The van der Waals surface area contributed by atoms with Gasteiger partial charge in [-0.2, -0.15) is 0 Å². The lowest BCUT2D eigenvalue weighted by atomic mass is 9.99. The van der Waals surface area contributed by atoms with E-state index in [9.17, 15) is 4.79 Å². The maximum atomic E-state index is 11.9. The van der Waals surface area contributed by atoms with Crippen molar-refractivity contribution in [1.82, 2.24) is 4.90 Å². The second kappa shape index (κ2) is 4.71. The van der Waals surface area contributed by atoms with Gasteiger partial charge in [0.2, 0.25) is 0 Å². The average Bonchev–Trinajstić information content (AvgIpc) is 2.93. The van der Waals surface area contributed by atoms with Crippen LogP contribution < -0.4 is 0 Å². The predicted octanol–water partition coefficient (Wildman–Crippen LogP) is 1.55. The van der Waals surface area contributed by atoms with Gasteiger partial charge in [0.25, 0.3) is 0 Å². The van der Waals surface area contributed by atoms with Crippen LogP contribution in [0.25, 0.3) is 0 Å². The van der Waals surface area contributed by atoms with Crippen molar-refractivity contribution >= 4 is 5.97 Å². The quantitative estimate of drug-likeness (QED) is 0.757. The van der Waals surface area contributed by atoms with Gasteiger partial charge in [0.05, 0.1) is 13.2 Å². The minimum Gasteiger partial charge on any atom is -0.448 e. The number of carbonyl (C=O) groups is 1. The normalized spacial score (nSPS) is 27.2. The second-order valence-electron chi connectivity index (χ2n) is 4.94. The van der Waals surface area contributed by atoms with E-state index < -0.39 is 5.54 Å². The molecule has 0 bridgehead atoms. The fraction of sp³-hybridized carbons (Fsp3) is 0.500. The molecule has 2 saturated heterocycles. The summed E-state index contributed by atoms with van der Waals surface area (Å²) in [6, 6.07) is 10.0. The number of rotatable bonds is 4. The zero-order valence-electron chi connectivity index (χ0n) is 10.3. The Balaban J connectivity index is 1.61. The van der Waals surface area contributed by atoms with Gasteiger partial charge in [-0.3, -0.25) is 4.90 Å². The van der Waals surface area contributed by atoms with Crippen LogP contribution in [-0.4, -0.2) is 36.3 Å². The third-order valence-corrected chi connectivity index (χ3v) is 3.81. The van der Waals surface area contributed by atoms with Crippen molar-refractivity contribution in [3.05, 3.63) is 35.9 Å². The zero-order valence-corrected chi connectivity index (χ0v) is 10.3. The van der Waals surface area contributed by atoms with Crippen LogP contribution in [0, 0.1) is 0 Å². The Hall–Kier alpha value is -1.39. The maximum Gasteiger partial charge on any atom is 0.330 e. The summed E-state index contributed by atoms with van der Waals surface area (Å²) in [5.41, 5.74) is 0.624. The van der Waals surface area contributed by atoms with Crippen LogP contribution in [0.5, 0.6) is 0 Å². The minimum atomic E-state index is -0.505. The standard InChI is InChI=1S/C14H17NO3/c16-13-14(7-4-8-15(14)11-18-13)10-17-9-12-5-2-1-3-6-12/h1-3,5-6H,4,7-11H2/t14-/m1/s1. The first-order valence-electron chi connectivity index (χ1n) is 6.35. The Morgan fingerprint density at radius 2 is 2.17 bits per heavy atom. The highest BCUT2D eigenvalue weighted by molar-refractivity contribution is 5.83. The summed E-state index contributed by atoms with van der Waals surface area (Å²) in [6.45, 7) is 2.33. The van der Waals surface area contributed by atoms with E-state index in [-0.39, 0.29) is 5.97 Å². The van der Waals surface area contributed by atoms with Crippen LogP contribution >= 0.6 is 0 Å². The lowest BCUT2D eigenvalue weighted by Crippen LogP contribution is -2.47. The van der Waals surface area contributed by atoms with E-state index in [2.05, 4.69) is 4.90 Å². The fourth-order valence-electron chi connectivity index (χ4n) is 2.76. The number of esters is 1. The number of hydrogen-bond donors (Lipinski definition) is 0. The van der Waals surface area contributed by atoms with Gasteiger partial charge in [-0.25, -0.2) is 4.79 Å². The molecule has 0 N–H and O–H groups in total. The summed E-state index contributed by atoms with van der Waals surface area (Å²) in [4.78, 5) is 14.0. The van der Waals surface area contributed by atoms with E-state index in [1.54, 1.807) is 0 Å². The van der Waals surface area contributed by atoms with Crippen molar-refractivity contribution in [1.29, 1.82) is 0 Å². The summed E-state index contributed by atoms with van der Waals surface area (Å²) < 4.78 is 10.9. The molecular formula is C14H17NO3. The van der Waals surface area contributed by atoms with Gasteiger partial charge in [0.1, 0.15) is 12.3 Å². The lowest BCUT2D eigenvalue weighted by molar-refractivity contribution is -0.145. The Bertz CT molecular complexity index is 434. The number of fused-ring (bicyclic) bond motifs is 1. The van der Waals surface area contributed by atoms with Gasteiger partial charge in [0.15, 0.2) is 0 Å². The Kier molecular flexibility index (Phi) is 3.06. The molecule has 18 heavy (non-hydrogen) atoms. The van der Waals surface area contributed by atoms with E-state index in [0.29, 0.717) is 19.9 Å². The molecule has 0 amide bonds. The molecular weight excluding hydrogens is 230 g/mol. The van der Waals surface area contributed by atoms with Gasteiger partial charge in [-0.1, -0.05) is 30.3 Å². The predicted molar refractivity (Wildman–Crippen MR) is 65.7 cm³/mol. The van der Waals surface area contributed by atoms with E-state index in [4.69, 9.17) is 9.47 Å². The molecule has 1 aromatic rings. The molecule has 2 fully saturated rings. The lowest BCUT2D eigenvalue weighted by Gasteiger charge is -2.26. The largest absolute Gasteiger partial charge is 0.448 e. The van der Waals surface area contributed by atoms with E-state index >= 15 is 0 Å². The SMILES string of the molecule is O=C1OCN2CCC[C@@]12COCc1ccccc1. The highest BCUT2D eigenvalue weighted by atomic mass is 16.6. The first-order valence-corrected chi connectivity index (χ1v) is 6.35. The number of hydrogen-bond acceptors (Lipinski definition) is 4. The van der Waals surface area contributed by atoms with Crippen LogP contribution in [0.1, 0.15) is 18.4 Å². The molecule has 2 aliphatic heterocycles. The van der Waals surface area contributed by atoms with Crippen LogP contribution in [0.3, 0.4) is 0 Å². The molecule has 4 nitrogen and oxygen atoms in total. The van der Waals surface area contributed by atoms with Crippen molar-refractivity contribution in [2.45, 2.75) is 25.0 Å². The summed E-state index contributed by atoms with van der Waals surface area (Å²) >= 11 is 0. The molecule has 2 aliphatic rings. The fourth-order valence-corrected chi connectivity index (χ4v) is 2.76. The molecule has 4 heteroatoms. The number of cyclic esters (lactones) is 1. The number of benzene rings is 1. The van der Waals surface area contributed by atoms with Crippen LogP contribution in [-0.2, 0) is 20.9 Å². The average molecular weight is 247 g/mol. The summed E-state index contributed by atoms with van der Waals surface area (Å²) in [5, 5.41) is 0. The first-order chi connectivity index (χ1) is 8.81. The van der Waals surface area contributed by atoms with Crippen molar-refractivity contribution in [2.24, 2.45) is 0 Å². The molecule has 1 atom stereocenters. The highest BCUT2D eigenvalue weighted by Crippen LogP contribution is 2.35. The van der Waals surface area contributed by atoms with Crippen molar-refractivity contribution in [2.75, 3.05) is 19.9 Å². The van der Waals surface area contributed by atoms with E-state index in [1.807, 2.05) is 30.3 Å². The van der Waals surface area contributed by atoms with Crippen LogP contribution in [0.15, 0.2) is 30.3 Å². The molecule has 96 valence electrons. The number of carbonyl (C=O) groups excluding carboxylic acids is 1. The summed E-state index contributed by atoms with van der Waals surface area (Å²) in [5.74, 6) is -0.118. The maximum absolute atomic E-state index is 11.9. The van der Waals surface area contributed by atoms with Gasteiger partial charge in [-0.05, 0) is 18.4 Å². The second-order valence-corrected chi connectivity index (χ2v) is 4.94. The van der Waals surface area contributed by atoms with Crippen LogP contribution in [0.2, 0.25) is 0 Å². The Morgan fingerprint density at radius 1 is 1.33 bits per heavy atom. The van der Waals surface area contributed by atoms with Gasteiger partial charge in [0, 0.05) is 6.54 Å². The van der Waals surface area contributed by atoms with Crippen molar-refractivity contribution in [3.63, 3.8) is 0 Å². The third kappa shape index (κ3) is 1.91. The van der Waals surface area contributed by atoms with Gasteiger partial charge >= 0.3 is 5.97 Å². The first kappa shape index (κ1) is 11.7.